The molecular formula is C20H28O3. The van der Waals surface area contributed by atoms with Crippen LogP contribution in [-0.2, 0) is 14.3 Å². The Morgan fingerprint density at radius 1 is 1.26 bits per heavy atom. The van der Waals surface area contributed by atoms with Crippen LogP contribution in [-0.4, -0.2) is 18.9 Å². The quantitative estimate of drug-likeness (QED) is 0.565. The molecule has 3 nitrogen and oxygen atoms in total. The summed E-state index contributed by atoms with van der Waals surface area (Å²) in [5, 5.41) is 0. The maximum absolute atomic E-state index is 12.8. The lowest BCUT2D eigenvalue weighted by molar-refractivity contribution is -0.155. The molecule has 3 heteroatoms. The zero-order valence-corrected chi connectivity index (χ0v) is 14.8. The number of methoxy groups -OCH3 is 1. The number of carbonyl (C=O) groups excluding carboxylic acids is 2. The van der Waals surface area contributed by atoms with Crippen molar-refractivity contribution in [1.82, 2.24) is 0 Å². The summed E-state index contributed by atoms with van der Waals surface area (Å²) >= 11 is 0. The molecule has 126 valence electrons. The van der Waals surface area contributed by atoms with Gasteiger partial charge in [-0.2, -0.15) is 0 Å². The Hall–Kier alpha value is -1.38. The van der Waals surface area contributed by atoms with E-state index in [9.17, 15) is 9.59 Å². The zero-order valence-electron chi connectivity index (χ0n) is 14.8. The van der Waals surface area contributed by atoms with E-state index in [1.165, 1.54) is 18.3 Å². The Kier molecular flexibility index (Phi) is 4.02. The number of esters is 1. The lowest BCUT2D eigenvalue weighted by atomic mass is 9.54. The van der Waals surface area contributed by atoms with Crippen LogP contribution in [0.25, 0.3) is 0 Å². The molecule has 3 rings (SSSR count). The third kappa shape index (κ3) is 2.23. The highest BCUT2D eigenvalue weighted by Crippen LogP contribution is 2.62. The molecule has 0 aromatic carbocycles. The summed E-state index contributed by atoms with van der Waals surface area (Å²) in [6.45, 7) is 6.53. The smallest absolute Gasteiger partial charge is 0.315 e. The van der Waals surface area contributed by atoms with Gasteiger partial charge in [0.2, 0.25) is 0 Å². The minimum atomic E-state index is -0.475. The zero-order chi connectivity index (χ0) is 16.8. The molecule has 3 atom stereocenters. The molecule has 0 spiro atoms. The second-order valence-corrected chi connectivity index (χ2v) is 7.97. The van der Waals surface area contributed by atoms with Crippen LogP contribution >= 0.6 is 0 Å². The van der Waals surface area contributed by atoms with Gasteiger partial charge < -0.3 is 4.74 Å². The Balaban J connectivity index is 2.18. The summed E-state index contributed by atoms with van der Waals surface area (Å²) in [7, 11) is 1.49. The van der Waals surface area contributed by atoms with Crippen molar-refractivity contribution < 1.29 is 14.3 Å². The van der Waals surface area contributed by atoms with Crippen LogP contribution in [0.15, 0.2) is 23.3 Å². The summed E-state index contributed by atoms with van der Waals surface area (Å²) in [5.41, 5.74) is 1.85. The maximum atomic E-state index is 12.8. The Morgan fingerprint density at radius 2 is 2.00 bits per heavy atom. The monoisotopic (exact) mass is 316 g/mol. The minimum Gasteiger partial charge on any atom is -0.468 e. The first kappa shape index (κ1) is 16.5. The van der Waals surface area contributed by atoms with Crippen molar-refractivity contribution in [2.45, 2.75) is 59.3 Å². The molecule has 1 fully saturated rings. The van der Waals surface area contributed by atoms with Gasteiger partial charge in [-0.25, -0.2) is 0 Å². The molecular weight excluding hydrogens is 288 g/mol. The van der Waals surface area contributed by atoms with E-state index < -0.39 is 5.41 Å². The molecule has 0 bridgehead atoms. The lowest BCUT2D eigenvalue weighted by Crippen LogP contribution is -2.48. The van der Waals surface area contributed by atoms with Gasteiger partial charge in [0.15, 0.2) is 0 Å². The summed E-state index contributed by atoms with van der Waals surface area (Å²) < 4.78 is 5.22. The second kappa shape index (κ2) is 5.61. The largest absolute Gasteiger partial charge is 0.468 e. The van der Waals surface area contributed by atoms with Gasteiger partial charge in [0.25, 0.3) is 0 Å². The predicted molar refractivity (Wildman–Crippen MR) is 89.8 cm³/mol. The first-order valence-corrected chi connectivity index (χ1v) is 8.87. The molecule has 0 amide bonds. The second-order valence-electron chi connectivity index (χ2n) is 7.97. The summed E-state index contributed by atoms with van der Waals surface area (Å²) in [5.74, 6) is 0.811. The fraction of sp³-hybridized carbons (Fsp3) is 0.700. The van der Waals surface area contributed by atoms with Gasteiger partial charge in [-0.1, -0.05) is 38.5 Å². The number of hydrogen-bond acceptors (Lipinski definition) is 3. The SMILES string of the molecule is COC(=O)[C@@]12CCC(C(C)C)=C1[C@@H]1CC=CCC(=O)[C@@]1(C)CC2. The summed E-state index contributed by atoms with van der Waals surface area (Å²) in [6.07, 6.45) is 8.92. The van der Waals surface area contributed by atoms with E-state index in [4.69, 9.17) is 4.74 Å². The van der Waals surface area contributed by atoms with Crippen molar-refractivity contribution in [3.05, 3.63) is 23.3 Å². The molecule has 0 aromatic rings. The fourth-order valence-electron chi connectivity index (χ4n) is 5.18. The molecule has 1 saturated carbocycles. The molecule has 23 heavy (non-hydrogen) atoms. The van der Waals surface area contributed by atoms with E-state index in [0.29, 0.717) is 18.1 Å². The predicted octanol–water partition coefficient (Wildman–Crippen LogP) is 4.23. The van der Waals surface area contributed by atoms with Gasteiger partial charge in [0.1, 0.15) is 5.78 Å². The van der Waals surface area contributed by atoms with Gasteiger partial charge in [-0.15, -0.1) is 0 Å². The standard InChI is InChI=1S/C20H28O3/c1-13(2)14-9-10-20(18(22)23-4)12-11-19(3)15(17(14)20)7-5-6-8-16(19)21/h5-6,13,15H,7-12H2,1-4H3/t15-,19-,20+/m0/s1. The van der Waals surface area contributed by atoms with Crippen molar-refractivity contribution in [2.75, 3.05) is 7.11 Å². The van der Waals surface area contributed by atoms with Crippen LogP contribution in [0.5, 0.6) is 0 Å². The third-order valence-electron chi connectivity index (χ3n) is 6.62. The Labute approximate surface area is 139 Å². The third-order valence-corrected chi connectivity index (χ3v) is 6.62. The van der Waals surface area contributed by atoms with Crippen LogP contribution in [0.3, 0.4) is 0 Å². The van der Waals surface area contributed by atoms with E-state index in [1.807, 2.05) is 6.08 Å². The van der Waals surface area contributed by atoms with Crippen molar-refractivity contribution in [3.8, 4) is 0 Å². The van der Waals surface area contributed by atoms with Gasteiger partial charge in [-0.05, 0) is 49.5 Å². The maximum Gasteiger partial charge on any atom is 0.315 e. The van der Waals surface area contributed by atoms with Gasteiger partial charge in [-0.3, -0.25) is 9.59 Å². The lowest BCUT2D eigenvalue weighted by Gasteiger charge is -2.48. The molecule has 0 aromatic heterocycles. The van der Waals surface area contributed by atoms with Crippen molar-refractivity contribution in [2.24, 2.45) is 22.7 Å². The highest BCUT2D eigenvalue weighted by Gasteiger charge is 2.59. The van der Waals surface area contributed by atoms with Crippen molar-refractivity contribution >= 4 is 11.8 Å². The number of ether oxygens (including phenoxy) is 1. The number of fused-ring (bicyclic) bond motifs is 3. The van der Waals surface area contributed by atoms with E-state index >= 15 is 0 Å². The Morgan fingerprint density at radius 3 is 2.65 bits per heavy atom. The molecule has 0 heterocycles. The average Bonchev–Trinajstić information content (AvgIpc) is 2.86. The molecule has 0 N–H and O–H groups in total. The van der Waals surface area contributed by atoms with E-state index in [1.54, 1.807) is 0 Å². The van der Waals surface area contributed by atoms with E-state index in [-0.39, 0.29) is 17.3 Å². The molecule has 0 aliphatic heterocycles. The minimum absolute atomic E-state index is 0.0918. The van der Waals surface area contributed by atoms with Crippen LogP contribution < -0.4 is 0 Å². The highest BCUT2D eigenvalue weighted by molar-refractivity contribution is 5.89. The van der Waals surface area contributed by atoms with Crippen molar-refractivity contribution in [1.29, 1.82) is 0 Å². The van der Waals surface area contributed by atoms with Crippen LogP contribution in [0.2, 0.25) is 0 Å². The average molecular weight is 316 g/mol. The molecule has 3 aliphatic rings. The van der Waals surface area contributed by atoms with Crippen molar-refractivity contribution in [3.63, 3.8) is 0 Å². The number of rotatable bonds is 2. The molecule has 0 radical (unpaired) electrons. The molecule has 0 unspecified atom stereocenters. The fourth-order valence-corrected chi connectivity index (χ4v) is 5.18. The van der Waals surface area contributed by atoms with Crippen LogP contribution in [0.1, 0.15) is 59.3 Å². The molecule has 3 aliphatic carbocycles. The number of carbonyl (C=O) groups is 2. The first-order valence-electron chi connectivity index (χ1n) is 8.87. The highest BCUT2D eigenvalue weighted by atomic mass is 16.5. The number of hydrogen-bond donors (Lipinski definition) is 0. The topological polar surface area (TPSA) is 43.4 Å². The first-order chi connectivity index (χ1) is 10.9. The van der Waals surface area contributed by atoms with Crippen LogP contribution in [0, 0.1) is 22.7 Å². The van der Waals surface area contributed by atoms with Gasteiger partial charge in [0.05, 0.1) is 12.5 Å². The Bertz CT molecular complexity index is 598. The molecule has 0 saturated heterocycles. The number of Topliss-reactive ketones (excluding diaryl/α,β-unsaturated/α-hetero) is 1. The van der Waals surface area contributed by atoms with E-state index in [2.05, 4.69) is 26.8 Å². The normalized spacial score (nSPS) is 36.7. The summed E-state index contributed by atoms with van der Waals surface area (Å²) in [6, 6.07) is 0. The van der Waals surface area contributed by atoms with E-state index in [0.717, 1.165) is 32.1 Å². The van der Waals surface area contributed by atoms with Crippen LogP contribution in [0.4, 0.5) is 0 Å². The van der Waals surface area contributed by atoms with Gasteiger partial charge >= 0.3 is 5.97 Å². The van der Waals surface area contributed by atoms with Gasteiger partial charge in [0, 0.05) is 11.8 Å². The number of allylic oxidation sites excluding steroid dienone is 3. The number of ketones is 1. The summed E-state index contributed by atoms with van der Waals surface area (Å²) in [4.78, 5) is 25.5.